The van der Waals surface area contributed by atoms with Crippen molar-refractivity contribution in [3.05, 3.63) is 52.0 Å². The van der Waals surface area contributed by atoms with Crippen LogP contribution in [0.1, 0.15) is 26.3 Å². The van der Waals surface area contributed by atoms with E-state index < -0.39 is 0 Å². The third kappa shape index (κ3) is 5.83. The molecule has 1 aliphatic heterocycles. The average Bonchev–Trinajstić information content (AvgIpc) is 3.27. The van der Waals surface area contributed by atoms with Crippen LogP contribution in [0.5, 0.6) is 0 Å². The second kappa shape index (κ2) is 10.5. The Balaban J connectivity index is 1.40. The largest absolute Gasteiger partial charge is 0.369 e. The van der Waals surface area contributed by atoms with Gasteiger partial charge in [0, 0.05) is 31.9 Å². The highest BCUT2D eigenvalue weighted by Crippen LogP contribution is 2.31. The highest BCUT2D eigenvalue weighted by Gasteiger charge is 2.19. The predicted molar refractivity (Wildman–Crippen MR) is 139 cm³/mol. The smallest absolute Gasteiger partial charge is 0.234 e. The summed E-state index contributed by atoms with van der Waals surface area (Å²) < 4.78 is 1.54. The number of hydrogen-bond acceptors (Lipinski definition) is 7. The predicted octanol–water partition coefficient (Wildman–Crippen LogP) is 4.41. The number of tetrazole rings is 1. The minimum absolute atomic E-state index is 0.0249. The van der Waals surface area contributed by atoms with Gasteiger partial charge in [0.2, 0.25) is 11.1 Å². The summed E-state index contributed by atoms with van der Waals surface area (Å²) >= 11 is 14.2. The molecule has 1 saturated heterocycles. The second-order valence-electron chi connectivity index (χ2n) is 9.03. The zero-order valence-corrected chi connectivity index (χ0v) is 21.6. The zero-order chi connectivity index (χ0) is 24.3. The van der Waals surface area contributed by atoms with Crippen molar-refractivity contribution in [3.8, 4) is 5.69 Å². The van der Waals surface area contributed by atoms with Crippen molar-refractivity contribution in [2.45, 2.75) is 31.3 Å². The van der Waals surface area contributed by atoms with Gasteiger partial charge in [0.1, 0.15) is 0 Å². The Bertz CT molecular complexity index is 1170. The van der Waals surface area contributed by atoms with Gasteiger partial charge in [0.25, 0.3) is 0 Å². The molecule has 2 heterocycles. The van der Waals surface area contributed by atoms with Crippen LogP contribution in [-0.4, -0.2) is 58.0 Å². The maximum absolute atomic E-state index is 12.6. The molecule has 11 heteroatoms. The van der Waals surface area contributed by atoms with Crippen molar-refractivity contribution in [3.63, 3.8) is 0 Å². The molecule has 0 radical (unpaired) electrons. The molecule has 0 spiro atoms. The lowest BCUT2D eigenvalue weighted by Crippen LogP contribution is -2.43. The molecule has 1 aromatic heterocycles. The number of piperazine rings is 1. The van der Waals surface area contributed by atoms with E-state index in [4.69, 9.17) is 23.2 Å². The number of anilines is 2. The van der Waals surface area contributed by atoms with Crippen LogP contribution in [0.15, 0.2) is 41.6 Å². The summed E-state index contributed by atoms with van der Waals surface area (Å²) in [7, 11) is 0. The quantitative estimate of drug-likeness (QED) is 0.466. The maximum atomic E-state index is 12.6. The van der Waals surface area contributed by atoms with Gasteiger partial charge in [-0.1, -0.05) is 61.8 Å². The molecule has 1 fully saturated rings. The van der Waals surface area contributed by atoms with Crippen molar-refractivity contribution >= 4 is 52.2 Å². The number of amides is 1. The van der Waals surface area contributed by atoms with Crippen LogP contribution in [-0.2, 0) is 10.2 Å². The van der Waals surface area contributed by atoms with Gasteiger partial charge in [-0.3, -0.25) is 4.79 Å². The van der Waals surface area contributed by atoms with Gasteiger partial charge in [-0.2, -0.15) is 4.68 Å². The minimum Gasteiger partial charge on any atom is -0.369 e. The van der Waals surface area contributed by atoms with E-state index in [0.29, 0.717) is 26.6 Å². The standard InChI is InChI=1S/C23H27Cl2N7OS/c1-23(2,3)15-4-7-20(18(25)12-15)32-22(28-29-30-32)34-14-21(33)27-19-6-5-16(13-17(19)24)31-10-8-26-9-11-31/h4-7,12-13,26H,8-11,14H2,1-3H3,(H,27,33). The Morgan fingerprint density at radius 3 is 2.56 bits per heavy atom. The lowest BCUT2D eigenvalue weighted by molar-refractivity contribution is -0.113. The molecule has 1 amide bonds. The number of aromatic nitrogens is 4. The molecule has 180 valence electrons. The summed E-state index contributed by atoms with van der Waals surface area (Å²) in [5.74, 6) is -0.0842. The second-order valence-corrected chi connectivity index (χ2v) is 10.8. The maximum Gasteiger partial charge on any atom is 0.234 e. The summed E-state index contributed by atoms with van der Waals surface area (Å²) in [6, 6.07) is 11.5. The third-order valence-corrected chi connectivity index (χ3v) is 7.06. The SMILES string of the molecule is CC(C)(C)c1ccc(-n2nnnc2SCC(=O)Nc2ccc(N3CCNCC3)cc2Cl)c(Cl)c1. The summed E-state index contributed by atoms with van der Waals surface area (Å²) in [5.41, 5.74) is 3.37. The highest BCUT2D eigenvalue weighted by molar-refractivity contribution is 7.99. The van der Waals surface area contributed by atoms with E-state index >= 15 is 0 Å². The van der Waals surface area contributed by atoms with Gasteiger partial charge in [-0.05, 0) is 51.7 Å². The number of rotatable bonds is 6. The van der Waals surface area contributed by atoms with E-state index in [2.05, 4.69) is 51.8 Å². The zero-order valence-electron chi connectivity index (χ0n) is 19.3. The molecule has 0 bridgehead atoms. The van der Waals surface area contributed by atoms with Gasteiger partial charge in [0.05, 0.1) is 27.2 Å². The topological polar surface area (TPSA) is 88.0 Å². The highest BCUT2D eigenvalue weighted by atomic mass is 35.5. The molecule has 8 nitrogen and oxygen atoms in total. The van der Waals surface area contributed by atoms with Crippen molar-refractivity contribution in [2.24, 2.45) is 0 Å². The van der Waals surface area contributed by atoms with E-state index in [0.717, 1.165) is 37.4 Å². The molecule has 1 aliphatic rings. The van der Waals surface area contributed by atoms with Crippen LogP contribution in [0, 0.1) is 0 Å². The normalized spacial score (nSPS) is 14.3. The number of nitrogens with one attached hydrogen (secondary N) is 2. The molecular formula is C23H27Cl2N7OS. The molecule has 0 atom stereocenters. The molecule has 0 aliphatic carbocycles. The van der Waals surface area contributed by atoms with Gasteiger partial charge in [0.15, 0.2) is 0 Å². The minimum atomic E-state index is -0.203. The summed E-state index contributed by atoms with van der Waals surface area (Å²) in [5, 5.41) is 19.6. The summed E-state index contributed by atoms with van der Waals surface area (Å²) in [6.07, 6.45) is 0. The lowest BCUT2D eigenvalue weighted by Gasteiger charge is -2.29. The van der Waals surface area contributed by atoms with Crippen molar-refractivity contribution in [1.29, 1.82) is 0 Å². The van der Waals surface area contributed by atoms with Crippen molar-refractivity contribution in [1.82, 2.24) is 25.5 Å². The van der Waals surface area contributed by atoms with Crippen molar-refractivity contribution in [2.75, 3.05) is 42.1 Å². The Labute approximate surface area is 213 Å². The molecule has 34 heavy (non-hydrogen) atoms. The Hall–Kier alpha value is -2.33. The molecule has 2 aromatic carbocycles. The first-order valence-corrected chi connectivity index (χ1v) is 12.7. The number of halogens is 2. The van der Waals surface area contributed by atoms with Crippen LogP contribution in [0.3, 0.4) is 0 Å². The van der Waals surface area contributed by atoms with Crippen LogP contribution in [0.4, 0.5) is 11.4 Å². The van der Waals surface area contributed by atoms with Crippen LogP contribution in [0.25, 0.3) is 5.69 Å². The van der Waals surface area contributed by atoms with Crippen LogP contribution < -0.4 is 15.5 Å². The summed E-state index contributed by atoms with van der Waals surface area (Å²) in [6.45, 7) is 10.1. The number of benzene rings is 2. The third-order valence-electron chi connectivity index (χ3n) is 5.52. The number of hydrogen-bond donors (Lipinski definition) is 2. The number of carbonyl (C=O) groups is 1. The molecule has 3 aromatic rings. The van der Waals surface area contributed by atoms with Crippen LogP contribution in [0.2, 0.25) is 10.0 Å². The number of carbonyl (C=O) groups excluding carboxylic acids is 1. The Morgan fingerprint density at radius 2 is 1.88 bits per heavy atom. The lowest BCUT2D eigenvalue weighted by atomic mass is 9.87. The molecule has 0 saturated carbocycles. The Kier molecular flexibility index (Phi) is 7.67. The van der Waals surface area contributed by atoms with E-state index in [-0.39, 0.29) is 17.1 Å². The van der Waals surface area contributed by atoms with Crippen molar-refractivity contribution < 1.29 is 4.79 Å². The average molecular weight is 520 g/mol. The van der Waals surface area contributed by atoms with E-state index in [1.807, 2.05) is 36.4 Å². The molecule has 2 N–H and O–H groups in total. The van der Waals surface area contributed by atoms with E-state index in [9.17, 15) is 4.79 Å². The number of thioether (sulfide) groups is 1. The first kappa shape index (κ1) is 24.8. The van der Waals surface area contributed by atoms with E-state index in [1.165, 1.54) is 11.8 Å². The van der Waals surface area contributed by atoms with Gasteiger partial charge < -0.3 is 15.5 Å². The van der Waals surface area contributed by atoms with Crippen LogP contribution >= 0.6 is 35.0 Å². The summed E-state index contributed by atoms with van der Waals surface area (Å²) in [4.78, 5) is 14.9. The van der Waals surface area contributed by atoms with E-state index in [1.54, 1.807) is 4.68 Å². The van der Waals surface area contributed by atoms with Gasteiger partial charge >= 0.3 is 0 Å². The van der Waals surface area contributed by atoms with Gasteiger partial charge in [-0.25, -0.2) is 0 Å². The first-order valence-electron chi connectivity index (χ1n) is 11.0. The molecular weight excluding hydrogens is 493 g/mol. The molecule has 4 rings (SSSR count). The fourth-order valence-electron chi connectivity index (χ4n) is 3.61. The monoisotopic (exact) mass is 519 g/mol. The first-order chi connectivity index (χ1) is 16.2. The molecule has 0 unspecified atom stereocenters. The Morgan fingerprint density at radius 1 is 1.12 bits per heavy atom. The number of nitrogens with zero attached hydrogens (tertiary/aromatic N) is 5. The fourth-order valence-corrected chi connectivity index (χ4v) is 4.77. The fraction of sp³-hybridized carbons (Fsp3) is 0.391. The van der Waals surface area contributed by atoms with Gasteiger partial charge in [-0.15, -0.1) is 5.10 Å².